The number of alkyl halides is 2. The van der Waals surface area contributed by atoms with Gasteiger partial charge < -0.3 is 20.5 Å². The van der Waals surface area contributed by atoms with Crippen LogP contribution in [0.4, 0.5) is 14.5 Å². The monoisotopic (exact) mass is 286 g/mol. The third-order valence-corrected chi connectivity index (χ3v) is 3.37. The van der Waals surface area contributed by atoms with Gasteiger partial charge in [0.05, 0.1) is 5.54 Å². The van der Waals surface area contributed by atoms with Crippen LogP contribution < -0.4 is 20.5 Å². The SMILES string of the molecule is CCC(N)(CC)C(=O)Nc1ccc2c(c1)OC(F)(F)O2. The summed E-state index contributed by atoms with van der Waals surface area (Å²) >= 11 is 0. The average Bonchev–Trinajstić information content (AvgIpc) is 2.70. The Kier molecular flexibility index (Phi) is 3.56. The van der Waals surface area contributed by atoms with Crippen molar-refractivity contribution in [3.63, 3.8) is 0 Å². The standard InChI is InChI=1S/C13H16F2N2O3/c1-3-12(16,4-2)11(18)17-8-5-6-9-10(7-8)20-13(14,15)19-9/h5-7H,3-4,16H2,1-2H3,(H,17,18). The number of ether oxygens (including phenoxy) is 2. The number of nitrogens with one attached hydrogen (secondary N) is 1. The number of hydrogen-bond acceptors (Lipinski definition) is 4. The van der Waals surface area contributed by atoms with Gasteiger partial charge in [-0.05, 0) is 25.0 Å². The van der Waals surface area contributed by atoms with Crippen molar-refractivity contribution in [2.24, 2.45) is 5.73 Å². The lowest BCUT2D eigenvalue weighted by atomic mass is 9.93. The molecule has 0 radical (unpaired) electrons. The number of nitrogens with two attached hydrogens (primary N) is 1. The molecule has 1 aromatic rings. The Morgan fingerprint density at radius 1 is 1.30 bits per heavy atom. The molecule has 0 aromatic heterocycles. The number of benzene rings is 1. The maximum Gasteiger partial charge on any atom is 0.586 e. The number of anilines is 1. The van der Waals surface area contributed by atoms with Crippen LogP contribution in [0, 0.1) is 0 Å². The smallest absolute Gasteiger partial charge is 0.395 e. The molecule has 110 valence electrons. The highest BCUT2D eigenvalue weighted by Gasteiger charge is 2.43. The highest BCUT2D eigenvalue weighted by Crippen LogP contribution is 2.42. The summed E-state index contributed by atoms with van der Waals surface area (Å²) in [5, 5.41) is 2.60. The van der Waals surface area contributed by atoms with Gasteiger partial charge in [-0.2, -0.15) is 0 Å². The zero-order chi connectivity index (χ0) is 15.0. The van der Waals surface area contributed by atoms with Gasteiger partial charge in [-0.25, -0.2) is 0 Å². The molecule has 5 nitrogen and oxygen atoms in total. The molecule has 0 fully saturated rings. The fourth-order valence-electron chi connectivity index (χ4n) is 1.85. The summed E-state index contributed by atoms with van der Waals surface area (Å²) < 4.78 is 34.3. The first-order chi connectivity index (χ1) is 9.29. The van der Waals surface area contributed by atoms with E-state index in [1.807, 2.05) is 13.8 Å². The maximum atomic E-state index is 12.9. The van der Waals surface area contributed by atoms with E-state index in [0.717, 1.165) is 0 Å². The van der Waals surface area contributed by atoms with Crippen LogP contribution >= 0.6 is 0 Å². The Morgan fingerprint density at radius 3 is 2.50 bits per heavy atom. The lowest BCUT2D eigenvalue weighted by molar-refractivity contribution is -0.286. The first-order valence-electron chi connectivity index (χ1n) is 6.30. The molecule has 7 heteroatoms. The van der Waals surface area contributed by atoms with Crippen LogP contribution in [0.5, 0.6) is 11.5 Å². The van der Waals surface area contributed by atoms with Gasteiger partial charge in [0, 0.05) is 11.8 Å². The highest BCUT2D eigenvalue weighted by molar-refractivity contribution is 5.98. The van der Waals surface area contributed by atoms with Crippen LogP contribution in [0.25, 0.3) is 0 Å². The minimum atomic E-state index is -3.67. The quantitative estimate of drug-likeness (QED) is 0.891. The molecule has 1 aliphatic heterocycles. The number of fused-ring (bicyclic) bond motifs is 1. The normalized spacial score (nSPS) is 16.1. The molecule has 1 heterocycles. The second-order valence-corrected chi connectivity index (χ2v) is 4.65. The summed E-state index contributed by atoms with van der Waals surface area (Å²) in [6, 6.07) is 4.04. The predicted octanol–water partition coefficient (Wildman–Crippen LogP) is 2.46. The zero-order valence-corrected chi connectivity index (χ0v) is 11.2. The Bertz CT molecular complexity index is 530. The molecule has 3 N–H and O–H groups in total. The minimum Gasteiger partial charge on any atom is -0.395 e. The fraction of sp³-hybridized carbons (Fsp3) is 0.462. The minimum absolute atomic E-state index is 0.0713. The first-order valence-corrected chi connectivity index (χ1v) is 6.30. The van der Waals surface area contributed by atoms with E-state index in [0.29, 0.717) is 18.5 Å². The number of rotatable bonds is 4. The highest BCUT2D eigenvalue weighted by atomic mass is 19.3. The van der Waals surface area contributed by atoms with Crippen LogP contribution in [0.15, 0.2) is 18.2 Å². The van der Waals surface area contributed by atoms with Gasteiger partial charge in [-0.1, -0.05) is 13.8 Å². The summed E-state index contributed by atoms with van der Waals surface area (Å²) in [7, 11) is 0. The number of hydrogen-bond donors (Lipinski definition) is 2. The van der Waals surface area contributed by atoms with Crippen LogP contribution in [-0.2, 0) is 4.79 Å². The molecule has 20 heavy (non-hydrogen) atoms. The van der Waals surface area contributed by atoms with E-state index >= 15 is 0 Å². The molecule has 0 saturated carbocycles. The molecule has 0 unspecified atom stereocenters. The first kappa shape index (κ1) is 14.5. The van der Waals surface area contributed by atoms with Gasteiger partial charge in [0.2, 0.25) is 5.91 Å². The van der Waals surface area contributed by atoms with Gasteiger partial charge in [0.15, 0.2) is 11.5 Å². The van der Waals surface area contributed by atoms with E-state index in [9.17, 15) is 13.6 Å². The van der Waals surface area contributed by atoms with Crippen molar-refractivity contribution >= 4 is 11.6 Å². The van der Waals surface area contributed by atoms with Crippen LogP contribution in [-0.4, -0.2) is 17.7 Å². The van der Waals surface area contributed by atoms with Crippen molar-refractivity contribution < 1.29 is 23.0 Å². The van der Waals surface area contributed by atoms with Crippen molar-refractivity contribution in [3.8, 4) is 11.5 Å². The Morgan fingerprint density at radius 2 is 1.90 bits per heavy atom. The molecular weight excluding hydrogens is 270 g/mol. The largest absolute Gasteiger partial charge is 0.586 e. The van der Waals surface area contributed by atoms with Gasteiger partial charge in [-0.3, -0.25) is 4.79 Å². The van der Waals surface area contributed by atoms with E-state index in [4.69, 9.17) is 5.73 Å². The molecule has 0 atom stereocenters. The van der Waals surface area contributed by atoms with Gasteiger partial charge >= 0.3 is 6.29 Å². The second kappa shape index (κ2) is 4.90. The summed E-state index contributed by atoms with van der Waals surface area (Å²) in [6.45, 7) is 3.62. The number of halogens is 2. The topological polar surface area (TPSA) is 73.6 Å². The van der Waals surface area contributed by atoms with Gasteiger partial charge in [0.1, 0.15) is 0 Å². The van der Waals surface area contributed by atoms with Crippen molar-refractivity contribution in [1.82, 2.24) is 0 Å². The van der Waals surface area contributed by atoms with E-state index in [-0.39, 0.29) is 17.4 Å². The fourth-order valence-corrected chi connectivity index (χ4v) is 1.85. The van der Waals surface area contributed by atoms with Crippen LogP contribution in [0.2, 0.25) is 0 Å². The predicted molar refractivity (Wildman–Crippen MR) is 68.8 cm³/mol. The van der Waals surface area contributed by atoms with E-state index in [1.165, 1.54) is 18.2 Å². The van der Waals surface area contributed by atoms with Crippen molar-refractivity contribution in [2.75, 3.05) is 5.32 Å². The Labute approximate surface area is 115 Å². The maximum absolute atomic E-state index is 12.9. The summed E-state index contributed by atoms with van der Waals surface area (Å²) in [5.41, 5.74) is 5.30. The Hall–Kier alpha value is -1.89. The third-order valence-electron chi connectivity index (χ3n) is 3.37. The third kappa shape index (κ3) is 2.67. The second-order valence-electron chi connectivity index (χ2n) is 4.65. The number of amides is 1. The van der Waals surface area contributed by atoms with E-state index < -0.39 is 11.8 Å². The molecule has 1 aliphatic rings. The van der Waals surface area contributed by atoms with Crippen molar-refractivity contribution in [2.45, 2.75) is 38.5 Å². The van der Waals surface area contributed by atoms with Gasteiger partial charge in [0.25, 0.3) is 0 Å². The molecule has 1 aromatic carbocycles. The molecule has 2 rings (SSSR count). The molecular formula is C13H16F2N2O3. The van der Waals surface area contributed by atoms with Crippen LogP contribution in [0.1, 0.15) is 26.7 Å². The summed E-state index contributed by atoms with van der Waals surface area (Å²) in [4.78, 5) is 12.1. The van der Waals surface area contributed by atoms with E-state index in [2.05, 4.69) is 14.8 Å². The van der Waals surface area contributed by atoms with Crippen molar-refractivity contribution in [3.05, 3.63) is 18.2 Å². The van der Waals surface area contributed by atoms with Crippen LogP contribution in [0.3, 0.4) is 0 Å². The Balaban J connectivity index is 2.15. The summed E-state index contributed by atoms with van der Waals surface area (Å²) in [6.07, 6.45) is -2.73. The molecule has 0 saturated heterocycles. The average molecular weight is 286 g/mol. The number of carbonyl (C=O) groups excluding carboxylic acids is 1. The van der Waals surface area contributed by atoms with Gasteiger partial charge in [-0.15, -0.1) is 8.78 Å². The lowest BCUT2D eigenvalue weighted by Gasteiger charge is -2.25. The molecule has 0 aliphatic carbocycles. The van der Waals surface area contributed by atoms with Crippen molar-refractivity contribution in [1.29, 1.82) is 0 Å². The summed E-state index contributed by atoms with van der Waals surface area (Å²) in [5.74, 6) is -0.561. The van der Waals surface area contributed by atoms with E-state index in [1.54, 1.807) is 0 Å². The molecule has 0 bridgehead atoms. The zero-order valence-electron chi connectivity index (χ0n) is 11.2. The molecule has 0 spiro atoms. The molecule has 1 amide bonds. The number of carbonyl (C=O) groups is 1. The lowest BCUT2D eigenvalue weighted by Crippen LogP contribution is -2.50.